The van der Waals surface area contributed by atoms with Gasteiger partial charge in [0, 0.05) is 4.47 Å². The van der Waals surface area contributed by atoms with Crippen LogP contribution in [0.2, 0.25) is 0 Å². The molecule has 0 aliphatic carbocycles. The first-order valence-electron chi connectivity index (χ1n) is 6.54. The number of benzene rings is 1. The number of amides is 1. The Morgan fingerprint density at radius 3 is 2.59 bits per heavy atom. The molecular weight excluding hydrogens is 368 g/mol. The zero-order chi connectivity index (χ0) is 16.1. The molecule has 0 bridgehead atoms. The van der Waals surface area contributed by atoms with E-state index in [2.05, 4.69) is 26.2 Å². The van der Waals surface area contributed by atoms with Crippen molar-refractivity contribution in [2.24, 2.45) is 0 Å². The number of thiazole rings is 1. The topological polar surface area (TPSA) is 68.3 Å². The summed E-state index contributed by atoms with van der Waals surface area (Å²) in [4.78, 5) is 28.6. The number of ether oxygens (including phenoxy) is 1. The summed E-state index contributed by atoms with van der Waals surface area (Å²) in [7, 11) is 1.33. The highest BCUT2D eigenvalue weighted by molar-refractivity contribution is 9.10. The molecule has 0 saturated heterocycles. The van der Waals surface area contributed by atoms with Gasteiger partial charge in [-0.25, -0.2) is 4.98 Å². The smallest absolute Gasteiger partial charge is 0.307 e. The van der Waals surface area contributed by atoms with Crippen LogP contribution < -0.4 is 5.32 Å². The van der Waals surface area contributed by atoms with E-state index in [0.29, 0.717) is 10.6 Å². The van der Waals surface area contributed by atoms with Gasteiger partial charge < -0.3 is 10.1 Å². The number of carbonyl (C=O) groups is 2. The number of carbonyl (C=O) groups excluding carboxylic acids is 2. The van der Waals surface area contributed by atoms with Gasteiger partial charge in [0.25, 0.3) is 5.91 Å². The molecule has 7 heteroatoms. The van der Waals surface area contributed by atoms with Gasteiger partial charge in [-0.05, 0) is 24.6 Å². The zero-order valence-corrected chi connectivity index (χ0v) is 14.5. The molecule has 1 N–H and O–H groups in total. The summed E-state index contributed by atoms with van der Waals surface area (Å²) >= 11 is 4.64. The molecule has 0 spiro atoms. The molecule has 0 unspecified atom stereocenters. The van der Waals surface area contributed by atoms with Crippen LogP contribution in [0.15, 0.2) is 34.2 Å². The standard InChI is InChI=1S/C15H15BrN2O3S/c1-9-14(22-8-17-9)15(20)18-12(7-13(19)21-2)10-3-5-11(16)6-4-10/h3-6,8,12H,7H2,1-2H3,(H,18,20)/t12-/m0/s1. The van der Waals surface area contributed by atoms with Crippen molar-refractivity contribution in [3.63, 3.8) is 0 Å². The van der Waals surface area contributed by atoms with Crippen molar-refractivity contribution in [3.8, 4) is 0 Å². The maximum Gasteiger partial charge on any atom is 0.307 e. The number of nitrogens with zero attached hydrogens (tertiary/aromatic N) is 1. The Morgan fingerprint density at radius 1 is 1.36 bits per heavy atom. The Kier molecular flexibility index (Phi) is 5.68. The lowest BCUT2D eigenvalue weighted by molar-refractivity contribution is -0.141. The second-order valence-electron chi connectivity index (χ2n) is 4.62. The Bertz CT molecular complexity index is 670. The van der Waals surface area contributed by atoms with Gasteiger partial charge in [-0.15, -0.1) is 11.3 Å². The number of methoxy groups -OCH3 is 1. The van der Waals surface area contributed by atoms with Gasteiger partial charge in [-0.3, -0.25) is 9.59 Å². The summed E-state index contributed by atoms with van der Waals surface area (Å²) in [5.74, 6) is -0.619. The van der Waals surface area contributed by atoms with Gasteiger partial charge in [0.2, 0.25) is 0 Å². The molecule has 1 amide bonds. The van der Waals surface area contributed by atoms with Gasteiger partial charge in [-0.1, -0.05) is 28.1 Å². The van der Waals surface area contributed by atoms with E-state index < -0.39 is 6.04 Å². The van der Waals surface area contributed by atoms with E-state index in [4.69, 9.17) is 4.74 Å². The Morgan fingerprint density at radius 2 is 2.05 bits per heavy atom. The number of aromatic nitrogens is 1. The molecule has 0 aliphatic heterocycles. The van der Waals surface area contributed by atoms with E-state index in [0.717, 1.165) is 10.0 Å². The highest BCUT2D eigenvalue weighted by Crippen LogP contribution is 2.22. The van der Waals surface area contributed by atoms with Crippen LogP contribution >= 0.6 is 27.3 Å². The van der Waals surface area contributed by atoms with Gasteiger partial charge in [-0.2, -0.15) is 0 Å². The minimum atomic E-state index is -0.449. The molecule has 0 aliphatic rings. The number of hydrogen-bond donors (Lipinski definition) is 1. The molecular formula is C15H15BrN2O3S. The lowest BCUT2D eigenvalue weighted by Crippen LogP contribution is -2.30. The minimum Gasteiger partial charge on any atom is -0.469 e. The van der Waals surface area contributed by atoms with Crippen LogP contribution in [0.3, 0.4) is 0 Å². The fraction of sp³-hybridized carbons (Fsp3) is 0.267. The third-order valence-electron chi connectivity index (χ3n) is 3.13. The summed E-state index contributed by atoms with van der Waals surface area (Å²) < 4.78 is 5.64. The summed E-state index contributed by atoms with van der Waals surface area (Å²) in [6, 6.07) is 7.00. The number of aryl methyl sites for hydroxylation is 1. The quantitative estimate of drug-likeness (QED) is 0.805. The maximum atomic E-state index is 12.3. The largest absolute Gasteiger partial charge is 0.469 e. The van der Waals surface area contributed by atoms with E-state index in [1.165, 1.54) is 18.4 Å². The third kappa shape index (κ3) is 4.14. The van der Waals surface area contributed by atoms with Crippen molar-refractivity contribution in [3.05, 3.63) is 50.4 Å². The molecule has 0 saturated carbocycles. The van der Waals surface area contributed by atoms with Crippen LogP contribution in [0.5, 0.6) is 0 Å². The van der Waals surface area contributed by atoms with Crippen molar-refractivity contribution in [1.82, 2.24) is 10.3 Å². The SMILES string of the molecule is COC(=O)C[C@H](NC(=O)c1scnc1C)c1ccc(Br)cc1. The molecule has 2 aromatic rings. The first-order chi connectivity index (χ1) is 10.5. The molecule has 2 rings (SSSR count). The van der Waals surface area contributed by atoms with Crippen molar-refractivity contribution < 1.29 is 14.3 Å². The third-order valence-corrected chi connectivity index (χ3v) is 4.58. The maximum absolute atomic E-state index is 12.3. The second-order valence-corrected chi connectivity index (χ2v) is 6.40. The Hall–Kier alpha value is -1.73. The number of halogens is 1. The van der Waals surface area contributed by atoms with Crippen LogP contribution in [-0.4, -0.2) is 24.0 Å². The van der Waals surface area contributed by atoms with Gasteiger partial charge in [0.15, 0.2) is 0 Å². The molecule has 1 atom stereocenters. The number of nitrogens with one attached hydrogen (secondary N) is 1. The Balaban J connectivity index is 2.21. The van der Waals surface area contributed by atoms with Gasteiger partial charge in [0.1, 0.15) is 4.88 Å². The predicted molar refractivity (Wildman–Crippen MR) is 87.8 cm³/mol. The molecule has 1 aromatic carbocycles. The highest BCUT2D eigenvalue weighted by atomic mass is 79.9. The molecule has 1 aromatic heterocycles. The summed E-state index contributed by atoms with van der Waals surface area (Å²) in [6.07, 6.45) is 0.0712. The molecule has 5 nitrogen and oxygen atoms in total. The van der Waals surface area contributed by atoms with Gasteiger partial charge >= 0.3 is 5.97 Å². The molecule has 0 radical (unpaired) electrons. The normalized spacial score (nSPS) is 11.8. The van der Waals surface area contributed by atoms with E-state index >= 15 is 0 Å². The summed E-state index contributed by atoms with van der Waals surface area (Å²) in [5, 5.41) is 2.88. The number of esters is 1. The lowest BCUT2D eigenvalue weighted by atomic mass is 10.0. The molecule has 22 heavy (non-hydrogen) atoms. The summed E-state index contributed by atoms with van der Waals surface area (Å²) in [6.45, 7) is 1.78. The Labute approximate surface area is 140 Å². The minimum absolute atomic E-state index is 0.0712. The zero-order valence-electron chi connectivity index (χ0n) is 12.1. The highest BCUT2D eigenvalue weighted by Gasteiger charge is 2.21. The van der Waals surface area contributed by atoms with Crippen LogP contribution in [-0.2, 0) is 9.53 Å². The van der Waals surface area contributed by atoms with Crippen LogP contribution in [0.4, 0.5) is 0 Å². The van der Waals surface area contributed by atoms with Crippen molar-refractivity contribution >= 4 is 39.1 Å². The molecule has 1 heterocycles. The lowest BCUT2D eigenvalue weighted by Gasteiger charge is -2.18. The molecule has 116 valence electrons. The first-order valence-corrected chi connectivity index (χ1v) is 8.21. The average molecular weight is 383 g/mol. The van der Waals surface area contributed by atoms with Crippen molar-refractivity contribution in [2.75, 3.05) is 7.11 Å². The predicted octanol–water partition coefficient (Wildman–Crippen LogP) is 3.25. The first kappa shape index (κ1) is 16.6. The van der Waals surface area contributed by atoms with E-state index in [9.17, 15) is 9.59 Å². The van der Waals surface area contributed by atoms with Crippen molar-refractivity contribution in [2.45, 2.75) is 19.4 Å². The fourth-order valence-corrected chi connectivity index (χ4v) is 2.91. The van der Waals surface area contributed by atoms with E-state index in [1.807, 2.05) is 24.3 Å². The second kappa shape index (κ2) is 7.51. The van der Waals surface area contributed by atoms with Gasteiger partial charge in [0.05, 0.1) is 30.8 Å². The van der Waals surface area contributed by atoms with Crippen molar-refractivity contribution in [1.29, 1.82) is 0 Å². The van der Waals surface area contributed by atoms with E-state index in [-0.39, 0.29) is 18.3 Å². The van der Waals surface area contributed by atoms with Crippen LogP contribution in [0.25, 0.3) is 0 Å². The van der Waals surface area contributed by atoms with Crippen LogP contribution in [0.1, 0.15) is 33.4 Å². The van der Waals surface area contributed by atoms with E-state index in [1.54, 1.807) is 12.4 Å². The average Bonchev–Trinajstić information content (AvgIpc) is 2.93. The number of hydrogen-bond acceptors (Lipinski definition) is 5. The summed E-state index contributed by atoms with van der Waals surface area (Å²) in [5.41, 5.74) is 3.14. The monoisotopic (exact) mass is 382 g/mol. The molecule has 0 fully saturated rings. The fourth-order valence-electron chi connectivity index (χ4n) is 1.94. The van der Waals surface area contributed by atoms with Crippen LogP contribution in [0, 0.1) is 6.92 Å². The number of rotatable bonds is 5.